The third-order valence-corrected chi connectivity index (χ3v) is 3.43. The lowest BCUT2D eigenvalue weighted by atomic mass is 9.85. The van der Waals surface area contributed by atoms with Crippen LogP contribution in [0.3, 0.4) is 0 Å². The Kier molecular flexibility index (Phi) is 4.21. The Hall–Kier alpha value is -2.54. The van der Waals surface area contributed by atoms with Crippen LogP contribution in [0.25, 0.3) is 17.0 Å². The van der Waals surface area contributed by atoms with Crippen molar-refractivity contribution in [3.05, 3.63) is 35.9 Å². The third-order valence-electron chi connectivity index (χ3n) is 3.43. The highest BCUT2D eigenvalue weighted by molar-refractivity contribution is 6.63. The van der Waals surface area contributed by atoms with E-state index in [1.165, 1.54) is 4.90 Å². The van der Waals surface area contributed by atoms with Gasteiger partial charge in [0, 0.05) is 5.39 Å². The molecular weight excluding hydrogens is 297 g/mol. The highest BCUT2D eigenvalue weighted by atomic mass is 16.6. The molecule has 6 nitrogen and oxygen atoms in total. The van der Waals surface area contributed by atoms with Crippen LogP contribution in [0.5, 0.6) is 0 Å². The van der Waals surface area contributed by atoms with Gasteiger partial charge in [0.1, 0.15) is 5.58 Å². The molecule has 0 radical (unpaired) electrons. The molecule has 0 N–H and O–H groups in total. The lowest BCUT2D eigenvalue weighted by Crippen LogP contribution is -2.47. The molecule has 0 amide bonds. The molecule has 1 saturated heterocycles. The Morgan fingerprint density at radius 3 is 2.48 bits per heavy atom. The van der Waals surface area contributed by atoms with Gasteiger partial charge in [0.05, 0.1) is 13.1 Å². The molecule has 1 aliphatic rings. The first-order valence-corrected chi connectivity index (χ1v) is 7.29. The van der Waals surface area contributed by atoms with E-state index in [9.17, 15) is 9.59 Å². The molecule has 3 rings (SSSR count). The molecule has 2 heterocycles. The summed E-state index contributed by atoms with van der Waals surface area (Å²) in [4.78, 5) is 25.1. The summed E-state index contributed by atoms with van der Waals surface area (Å²) in [7, 11) is 0.494. The molecule has 0 unspecified atom stereocenters. The summed E-state index contributed by atoms with van der Waals surface area (Å²) >= 11 is 0. The second kappa shape index (κ2) is 6.30. The number of carbonyl (C=O) groups is 2. The van der Waals surface area contributed by atoms with Gasteiger partial charge in [-0.15, -0.1) is 0 Å². The van der Waals surface area contributed by atoms with Crippen LogP contribution in [0.1, 0.15) is 12.5 Å². The fourth-order valence-electron chi connectivity index (χ4n) is 2.44. The van der Waals surface area contributed by atoms with E-state index < -0.39 is 19.1 Å². The number of benzene rings is 1. The van der Waals surface area contributed by atoms with Gasteiger partial charge in [-0.1, -0.05) is 18.2 Å². The molecule has 0 atom stereocenters. The number of carbonyl (C=O) groups excluding carboxylic acids is 2. The molecule has 23 heavy (non-hydrogen) atoms. The Morgan fingerprint density at radius 1 is 1.13 bits per heavy atom. The van der Waals surface area contributed by atoms with Gasteiger partial charge >= 0.3 is 19.1 Å². The van der Waals surface area contributed by atoms with E-state index in [4.69, 9.17) is 13.7 Å². The number of rotatable bonds is 2. The zero-order chi connectivity index (χ0) is 16.4. The molecule has 2 aromatic rings. The van der Waals surface area contributed by atoms with Gasteiger partial charge < -0.3 is 13.7 Å². The van der Waals surface area contributed by atoms with Gasteiger partial charge in [0.25, 0.3) is 0 Å². The van der Waals surface area contributed by atoms with Crippen LogP contribution >= 0.6 is 0 Å². The standard InChI is InChI=1S/C16H16BNO5/c1-3-4-11-5-6-13-12(7-11)8-14(21-13)17-22-15(19)9-18(2)10-16(20)23-17/h3-8H,9-10H2,1-2H3/b4-3+. The zero-order valence-corrected chi connectivity index (χ0v) is 12.9. The Labute approximate surface area is 133 Å². The average Bonchev–Trinajstić information content (AvgIpc) is 2.88. The van der Waals surface area contributed by atoms with Crippen molar-refractivity contribution >= 4 is 41.8 Å². The molecule has 0 aliphatic carbocycles. The van der Waals surface area contributed by atoms with Crippen LogP contribution in [-0.2, 0) is 18.9 Å². The fraction of sp³-hybridized carbons (Fsp3) is 0.250. The molecule has 1 aliphatic heterocycles. The predicted octanol–water partition coefficient (Wildman–Crippen LogP) is 1.19. The van der Waals surface area contributed by atoms with E-state index in [1.807, 2.05) is 37.3 Å². The van der Waals surface area contributed by atoms with Crippen LogP contribution in [0.2, 0.25) is 0 Å². The maximum Gasteiger partial charge on any atom is 0.674 e. The Bertz CT molecular complexity index is 762. The van der Waals surface area contributed by atoms with Crippen molar-refractivity contribution in [2.24, 2.45) is 0 Å². The molecule has 0 saturated carbocycles. The van der Waals surface area contributed by atoms with Crippen molar-refractivity contribution in [1.29, 1.82) is 0 Å². The first-order valence-electron chi connectivity index (χ1n) is 7.29. The largest absolute Gasteiger partial charge is 0.674 e. The minimum Gasteiger partial charge on any atom is -0.492 e. The summed E-state index contributed by atoms with van der Waals surface area (Å²) in [6.45, 7) is 1.99. The monoisotopic (exact) mass is 313 g/mol. The molecule has 1 fully saturated rings. The number of nitrogens with zero attached hydrogens (tertiary/aromatic N) is 1. The van der Waals surface area contributed by atoms with Gasteiger partial charge in [-0.2, -0.15) is 0 Å². The summed E-state index contributed by atoms with van der Waals surface area (Å²) in [6, 6.07) is 7.41. The summed E-state index contributed by atoms with van der Waals surface area (Å²) in [5.74, 6) is -0.944. The summed E-state index contributed by atoms with van der Waals surface area (Å²) < 4.78 is 16.1. The van der Waals surface area contributed by atoms with Crippen molar-refractivity contribution in [2.45, 2.75) is 6.92 Å². The summed E-state index contributed by atoms with van der Waals surface area (Å²) in [6.07, 6.45) is 3.91. The number of hydrogen-bond acceptors (Lipinski definition) is 6. The van der Waals surface area contributed by atoms with E-state index in [0.29, 0.717) is 11.2 Å². The summed E-state index contributed by atoms with van der Waals surface area (Å²) in [5, 5.41) is 0.849. The van der Waals surface area contributed by atoms with Crippen LogP contribution in [0.4, 0.5) is 0 Å². The van der Waals surface area contributed by atoms with E-state index in [-0.39, 0.29) is 13.1 Å². The highest BCUT2D eigenvalue weighted by Crippen LogP contribution is 2.18. The lowest BCUT2D eigenvalue weighted by Gasteiger charge is -2.21. The number of hydrogen-bond donors (Lipinski definition) is 0. The summed E-state index contributed by atoms with van der Waals surface area (Å²) in [5.41, 5.74) is 1.96. The molecule has 1 aromatic carbocycles. The van der Waals surface area contributed by atoms with Gasteiger partial charge in [-0.3, -0.25) is 14.5 Å². The predicted molar refractivity (Wildman–Crippen MR) is 86.0 cm³/mol. The van der Waals surface area contributed by atoms with Crippen LogP contribution in [0.15, 0.2) is 34.8 Å². The van der Waals surface area contributed by atoms with Crippen molar-refractivity contribution in [3.63, 3.8) is 0 Å². The minimum atomic E-state index is -1.15. The third kappa shape index (κ3) is 3.45. The van der Waals surface area contributed by atoms with Crippen molar-refractivity contribution in [3.8, 4) is 0 Å². The van der Waals surface area contributed by atoms with E-state index in [0.717, 1.165) is 10.9 Å². The van der Waals surface area contributed by atoms with Gasteiger partial charge in [-0.05, 0) is 37.7 Å². The molecule has 118 valence electrons. The molecule has 0 bridgehead atoms. The van der Waals surface area contributed by atoms with Crippen LogP contribution < -0.4 is 5.66 Å². The van der Waals surface area contributed by atoms with Gasteiger partial charge in [0.15, 0.2) is 5.66 Å². The van der Waals surface area contributed by atoms with E-state index >= 15 is 0 Å². The van der Waals surface area contributed by atoms with Crippen molar-refractivity contribution in [1.82, 2.24) is 4.90 Å². The van der Waals surface area contributed by atoms with Crippen LogP contribution in [-0.4, -0.2) is 44.1 Å². The highest BCUT2D eigenvalue weighted by Gasteiger charge is 2.37. The fourth-order valence-corrected chi connectivity index (χ4v) is 2.44. The molecule has 7 heteroatoms. The van der Waals surface area contributed by atoms with Crippen molar-refractivity contribution < 1.29 is 23.3 Å². The maximum atomic E-state index is 11.8. The zero-order valence-electron chi connectivity index (χ0n) is 12.9. The quantitative estimate of drug-likeness (QED) is 0.776. The maximum absolute atomic E-state index is 11.8. The number of allylic oxidation sites excluding steroid dienone is 1. The SMILES string of the molecule is C/C=C/c1ccc2oc(B3OC(=O)CN(C)CC(=O)O3)cc2c1. The first-order chi connectivity index (χ1) is 11.0. The minimum absolute atomic E-state index is 0.0251. The molecule has 1 aromatic heterocycles. The second-order valence-corrected chi connectivity index (χ2v) is 5.43. The van der Waals surface area contributed by atoms with E-state index in [2.05, 4.69) is 0 Å². The van der Waals surface area contributed by atoms with Crippen molar-refractivity contribution in [2.75, 3.05) is 20.1 Å². The van der Waals surface area contributed by atoms with Gasteiger partial charge in [-0.25, -0.2) is 0 Å². The van der Waals surface area contributed by atoms with Gasteiger partial charge in [0.2, 0.25) is 0 Å². The topological polar surface area (TPSA) is 69.0 Å². The molecular formula is C16H16BNO5. The Balaban J connectivity index is 1.91. The van der Waals surface area contributed by atoms with Crippen LogP contribution in [0, 0.1) is 0 Å². The first kappa shape index (κ1) is 15.4. The second-order valence-electron chi connectivity index (χ2n) is 5.43. The average molecular weight is 313 g/mol. The molecule has 0 spiro atoms. The van der Waals surface area contributed by atoms with E-state index in [1.54, 1.807) is 13.1 Å². The lowest BCUT2D eigenvalue weighted by molar-refractivity contribution is -0.145. The number of fused-ring (bicyclic) bond motifs is 1. The number of likely N-dealkylation sites (N-methyl/N-ethyl adjacent to an activating group) is 1. The normalized spacial score (nSPS) is 17.2. The number of furan rings is 1. The Morgan fingerprint density at radius 2 is 1.83 bits per heavy atom. The smallest absolute Gasteiger partial charge is 0.492 e.